The van der Waals surface area contributed by atoms with Gasteiger partial charge in [0.15, 0.2) is 0 Å². The molecular formula is C14H18O3S. The van der Waals surface area contributed by atoms with E-state index in [2.05, 4.69) is 0 Å². The van der Waals surface area contributed by atoms with Crippen LogP contribution in [0.5, 0.6) is 5.75 Å². The molecule has 0 aliphatic carbocycles. The number of ether oxygens (including phenoxy) is 1. The van der Waals surface area contributed by atoms with Gasteiger partial charge in [-0.25, -0.2) is 0 Å². The zero-order valence-electron chi connectivity index (χ0n) is 10.7. The molecule has 0 spiro atoms. The molecule has 1 fully saturated rings. The molecule has 98 valence electrons. The summed E-state index contributed by atoms with van der Waals surface area (Å²) in [7, 11) is 0. The van der Waals surface area contributed by atoms with Crippen LogP contribution in [-0.4, -0.2) is 28.7 Å². The number of hydrogen-bond donors (Lipinski definition) is 1. The molecule has 0 saturated carbocycles. The standard InChI is InChI=1S/C14H18O3S/c1-14(2,7-13(15)16)11-5-3-4-6-12(11)17-10-8-18-9-10/h3-6,10H,7-9H2,1-2H3,(H,15,16). The maximum atomic E-state index is 10.9. The molecule has 0 bridgehead atoms. The van der Waals surface area contributed by atoms with E-state index in [1.54, 1.807) is 0 Å². The lowest BCUT2D eigenvalue weighted by atomic mass is 9.81. The van der Waals surface area contributed by atoms with E-state index in [1.807, 2.05) is 49.9 Å². The minimum absolute atomic E-state index is 0.104. The van der Waals surface area contributed by atoms with Crippen molar-refractivity contribution >= 4 is 17.7 Å². The number of benzene rings is 1. The number of carbonyl (C=O) groups is 1. The summed E-state index contributed by atoms with van der Waals surface area (Å²) in [4.78, 5) is 10.9. The second-order valence-corrected chi connectivity index (χ2v) is 6.30. The van der Waals surface area contributed by atoms with E-state index in [0.717, 1.165) is 22.8 Å². The molecular weight excluding hydrogens is 248 g/mol. The summed E-state index contributed by atoms with van der Waals surface area (Å²) in [6, 6.07) is 7.76. The number of para-hydroxylation sites is 1. The fraction of sp³-hybridized carbons (Fsp3) is 0.500. The van der Waals surface area contributed by atoms with Crippen molar-refractivity contribution in [2.24, 2.45) is 0 Å². The van der Waals surface area contributed by atoms with Gasteiger partial charge < -0.3 is 9.84 Å². The number of rotatable bonds is 5. The first-order valence-corrected chi connectivity index (χ1v) is 7.20. The molecule has 0 radical (unpaired) electrons. The third-order valence-corrected chi connectivity index (χ3v) is 4.33. The summed E-state index contributed by atoms with van der Waals surface area (Å²) < 4.78 is 5.94. The predicted octanol–water partition coefficient (Wildman–Crippen LogP) is 2.93. The lowest BCUT2D eigenvalue weighted by Crippen LogP contribution is -2.32. The Bertz CT molecular complexity index is 438. The molecule has 0 atom stereocenters. The van der Waals surface area contributed by atoms with Crippen LogP contribution >= 0.6 is 11.8 Å². The lowest BCUT2D eigenvalue weighted by molar-refractivity contribution is -0.138. The number of thioether (sulfide) groups is 1. The first-order chi connectivity index (χ1) is 8.49. The van der Waals surface area contributed by atoms with Crippen LogP contribution in [0.1, 0.15) is 25.8 Å². The SMILES string of the molecule is CC(C)(CC(=O)O)c1ccccc1OC1CSC1. The van der Waals surface area contributed by atoms with Gasteiger partial charge in [-0.3, -0.25) is 4.79 Å². The summed E-state index contributed by atoms with van der Waals surface area (Å²) in [6.45, 7) is 3.89. The highest BCUT2D eigenvalue weighted by molar-refractivity contribution is 8.00. The molecule has 2 rings (SSSR count). The summed E-state index contributed by atoms with van der Waals surface area (Å²) in [5, 5.41) is 9.00. The van der Waals surface area contributed by atoms with Crippen molar-refractivity contribution in [2.75, 3.05) is 11.5 Å². The molecule has 1 aromatic rings. The third kappa shape index (κ3) is 2.99. The molecule has 1 aromatic carbocycles. The fourth-order valence-electron chi connectivity index (χ4n) is 2.06. The zero-order valence-corrected chi connectivity index (χ0v) is 11.5. The van der Waals surface area contributed by atoms with Crippen LogP contribution in [-0.2, 0) is 10.2 Å². The lowest BCUT2D eigenvalue weighted by Gasteiger charge is -2.31. The van der Waals surface area contributed by atoms with Crippen LogP contribution in [0.2, 0.25) is 0 Å². The molecule has 3 nitrogen and oxygen atoms in total. The molecule has 0 unspecified atom stereocenters. The highest BCUT2D eigenvalue weighted by atomic mass is 32.2. The summed E-state index contributed by atoms with van der Waals surface area (Å²) in [5.74, 6) is 2.09. The van der Waals surface area contributed by atoms with Crippen molar-refractivity contribution in [3.8, 4) is 5.75 Å². The van der Waals surface area contributed by atoms with Gasteiger partial charge >= 0.3 is 5.97 Å². The Morgan fingerprint density at radius 2 is 2.11 bits per heavy atom. The Morgan fingerprint density at radius 3 is 2.67 bits per heavy atom. The number of carboxylic acids is 1. The molecule has 1 heterocycles. The Morgan fingerprint density at radius 1 is 1.44 bits per heavy atom. The van der Waals surface area contributed by atoms with E-state index in [-0.39, 0.29) is 12.5 Å². The van der Waals surface area contributed by atoms with Gasteiger partial charge in [-0.15, -0.1) is 0 Å². The van der Waals surface area contributed by atoms with Crippen molar-refractivity contribution in [3.63, 3.8) is 0 Å². The van der Waals surface area contributed by atoms with Gasteiger partial charge in [-0.05, 0) is 6.07 Å². The highest BCUT2D eigenvalue weighted by Gasteiger charge is 2.29. The second kappa shape index (κ2) is 5.22. The minimum Gasteiger partial charge on any atom is -0.488 e. The van der Waals surface area contributed by atoms with Gasteiger partial charge in [0, 0.05) is 22.5 Å². The Balaban J connectivity index is 2.22. The Hall–Kier alpha value is -1.16. The molecule has 4 heteroatoms. The van der Waals surface area contributed by atoms with E-state index in [0.29, 0.717) is 0 Å². The van der Waals surface area contributed by atoms with Crippen LogP contribution in [0, 0.1) is 0 Å². The van der Waals surface area contributed by atoms with Crippen LogP contribution in [0.4, 0.5) is 0 Å². The third-order valence-electron chi connectivity index (χ3n) is 3.11. The van der Waals surface area contributed by atoms with Crippen LogP contribution < -0.4 is 4.74 Å². The predicted molar refractivity (Wildman–Crippen MR) is 73.5 cm³/mol. The van der Waals surface area contributed by atoms with Crippen molar-refractivity contribution in [1.29, 1.82) is 0 Å². The number of aliphatic carboxylic acids is 1. The maximum Gasteiger partial charge on any atom is 0.304 e. The zero-order chi connectivity index (χ0) is 13.2. The van der Waals surface area contributed by atoms with Gasteiger partial charge in [-0.2, -0.15) is 11.8 Å². The normalized spacial score (nSPS) is 16.1. The van der Waals surface area contributed by atoms with Gasteiger partial charge in [0.05, 0.1) is 6.42 Å². The molecule has 1 aliphatic rings. The molecule has 0 amide bonds. The van der Waals surface area contributed by atoms with Crippen LogP contribution in [0.15, 0.2) is 24.3 Å². The Kier molecular flexibility index (Phi) is 3.85. The average Bonchev–Trinajstić information content (AvgIpc) is 2.22. The summed E-state index contributed by atoms with van der Waals surface area (Å²) in [5.41, 5.74) is 0.559. The van der Waals surface area contributed by atoms with Crippen molar-refractivity contribution in [1.82, 2.24) is 0 Å². The Labute approximate surface area is 112 Å². The van der Waals surface area contributed by atoms with E-state index < -0.39 is 11.4 Å². The van der Waals surface area contributed by atoms with Crippen molar-refractivity contribution in [2.45, 2.75) is 31.8 Å². The number of carboxylic acid groups (broad SMARTS) is 1. The first kappa shape index (κ1) is 13.3. The maximum absolute atomic E-state index is 10.9. The quantitative estimate of drug-likeness (QED) is 0.890. The van der Waals surface area contributed by atoms with E-state index in [9.17, 15) is 4.79 Å². The summed E-state index contributed by atoms with van der Waals surface area (Å²) in [6.07, 6.45) is 0.379. The minimum atomic E-state index is -0.783. The smallest absolute Gasteiger partial charge is 0.304 e. The first-order valence-electron chi connectivity index (χ1n) is 6.05. The fourth-order valence-corrected chi connectivity index (χ4v) is 2.63. The largest absolute Gasteiger partial charge is 0.488 e. The van der Waals surface area contributed by atoms with Gasteiger partial charge in [0.2, 0.25) is 0 Å². The van der Waals surface area contributed by atoms with Crippen LogP contribution in [0.3, 0.4) is 0 Å². The van der Waals surface area contributed by atoms with Gasteiger partial charge in [0.25, 0.3) is 0 Å². The number of hydrogen-bond acceptors (Lipinski definition) is 3. The topological polar surface area (TPSA) is 46.5 Å². The van der Waals surface area contributed by atoms with E-state index >= 15 is 0 Å². The molecule has 1 saturated heterocycles. The molecule has 18 heavy (non-hydrogen) atoms. The molecule has 1 N–H and O–H groups in total. The molecule has 1 aliphatic heterocycles. The van der Waals surface area contributed by atoms with Crippen molar-refractivity contribution < 1.29 is 14.6 Å². The van der Waals surface area contributed by atoms with Gasteiger partial charge in [0.1, 0.15) is 11.9 Å². The average molecular weight is 266 g/mol. The second-order valence-electron chi connectivity index (χ2n) is 5.23. The van der Waals surface area contributed by atoms with E-state index in [4.69, 9.17) is 9.84 Å². The monoisotopic (exact) mass is 266 g/mol. The van der Waals surface area contributed by atoms with Crippen molar-refractivity contribution in [3.05, 3.63) is 29.8 Å². The van der Waals surface area contributed by atoms with E-state index in [1.165, 1.54) is 0 Å². The summed E-state index contributed by atoms with van der Waals surface area (Å²) >= 11 is 1.87. The van der Waals surface area contributed by atoms with Gasteiger partial charge in [-0.1, -0.05) is 32.0 Å². The van der Waals surface area contributed by atoms with Crippen LogP contribution in [0.25, 0.3) is 0 Å². The molecule has 0 aromatic heterocycles. The highest BCUT2D eigenvalue weighted by Crippen LogP contribution is 2.36.